The fraction of sp³-hybridized carbons (Fsp3) is 0.414. The van der Waals surface area contributed by atoms with E-state index in [1.165, 1.54) is 55.7 Å². The maximum absolute atomic E-state index is 12.8. The SMILES string of the molecule is O=c1[nH]c(=O)n(CCCCc2c3nc(cc4nc(c(CCCCn5c(=O)[nH]c(=O)[nH]c5=O)c5[nH]c(cc6[nH]c2c2c6C6C=CC2CC6)c2c5C5C=CC2CC5)C2=C4C4C=CC2CC4)C2=C3C3C=CC2CC3)c(=O)[nH]1. The Morgan fingerprint density at radius 1 is 0.392 bits per heavy atom. The molecule has 16 nitrogen and oxygen atoms in total. The van der Waals surface area contributed by atoms with E-state index >= 15 is 0 Å². The number of unbranched alkanes of at least 4 members (excludes halogenated alkanes) is 2. The van der Waals surface area contributed by atoms with Gasteiger partial charge in [-0.05, 0) is 147 Å². The average Bonchev–Trinajstić information content (AvgIpc) is 4.21. The standard InChI is InChI=1S/C58H56N10O6/c69-53-63-55(71)67(56(72)64-53)23-3-1-5-35-49-45-31-15-7-27(8-16-31)41(45)37(59-49)25-39-43-29-11-19-33(20-12-29)47(43)51(61-39)36(6-2-4-24-68-57(73)65-54(70)66-58(68)74)52-48-34-21-13-30(14-22-34)44(48)40(62-52)26-38-42-28-9-17-32(18-10-28)46(42)50(35)60-38/h7,9,11,13,15,17,19,21,25-34,59,61H,1-6,8,10,12,14,16,18,20,22-24H2,(H2,63,64,69,71,72)(H2,65,66,70,73,74). The molecule has 8 unspecified atom stereocenters. The van der Waals surface area contributed by atoms with Gasteiger partial charge in [0.25, 0.3) is 0 Å². The highest BCUT2D eigenvalue weighted by molar-refractivity contribution is 6.02. The minimum absolute atomic E-state index is 0.171. The van der Waals surface area contributed by atoms with Crippen LogP contribution in [0.5, 0.6) is 0 Å². The molecule has 374 valence electrons. The van der Waals surface area contributed by atoms with Crippen LogP contribution in [0, 0.1) is 23.7 Å². The third-order valence-electron chi connectivity index (χ3n) is 18.5. The van der Waals surface area contributed by atoms with Gasteiger partial charge in [-0.3, -0.25) is 19.9 Å². The summed E-state index contributed by atoms with van der Waals surface area (Å²) in [5.41, 5.74) is 17.1. The van der Waals surface area contributed by atoms with Gasteiger partial charge in [0, 0.05) is 93.6 Å². The van der Waals surface area contributed by atoms with Gasteiger partial charge in [-0.2, -0.15) is 0 Å². The molecule has 19 rings (SSSR count). The molecule has 6 N–H and O–H groups in total. The lowest BCUT2D eigenvalue weighted by atomic mass is 9.69. The Kier molecular flexibility index (Phi) is 9.76. The van der Waals surface area contributed by atoms with Crippen molar-refractivity contribution >= 4 is 44.4 Å². The first-order valence-corrected chi connectivity index (χ1v) is 27.1. The number of rotatable bonds is 10. The summed E-state index contributed by atoms with van der Waals surface area (Å²) in [6, 6.07) is 4.72. The molecule has 16 bridgehead atoms. The Balaban J connectivity index is 0.997. The highest BCUT2D eigenvalue weighted by Crippen LogP contribution is 2.57. The zero-order chi connectivity index (χ0) is 49.7. The summed E-state index contributed by atoms with van der Waals surface area (Å²) >= 11 is 0. The Labute approximate surface area is 421 Å². The summed E-state index contributed by atoms with van der Waals surface area (Å²) in [6.07, 6.45) is 31.5. The predicted molar refractivity (Wildman–Crippen MR) is 283 cm³/mol. The van der Waals surface area contributed by atoms with E-state index in [2.05, 4.69) is 90.6 Å². The van der Waals surface area contributed by atoms with Gasteiger partial charge in [0.2, 0.25) is 0 Å². The van der Waals surface area contributed by atoms with E-state index in [0.717, 1.165) is 105 Å². The summed E-state index contributed by atoms with van der Waals surface area (Å²) in [5, 5.41) is 0. The van der Waals surface area contributed by atoms with Gasteiger partial charge in [0.1, 0.15) is 0 Å². The zero-order valence-electron chi connectivity index (χ0n) is 40.9. The second-order valence-electron chi connectivity index (χ2n) is 22.4. The van der Waals surface area contributed by atoms with Crippen molar-refractivity contribution in [2.75, 3.05) is 0 Å². The van der Waals surface area contributed by atoms with Crippen LogP contribution in [-0.4, -0.2) is 49.0 Å². The van der Waals surface area contributed by atoms with Gasteiger partial charge < -0.3 is 9.97 Å². The smallest absolute Gasteiger partial charge is 0.333 e. The third kappa shape index (κ3) is 6.57. The third-order valence-corrected chi connectivity index (χ3v) is 18.5. The molecule has 0 spiro atoms. The fourth-order valence-corrected chi connectivity index (χ4v) is 15.3. The first-order chi connectivity index (χ1) is 36.1. The number of aromatic amines is 6. The molecule has 2 aliphatic heterocycles. The highest BCUT2D eigenvalue weighted by Gasteiger charge is 2.43. The minimum atomic E-state index is -0.806. The summed E-state index contributed by atoms with van der Waals surface area (Å²) in [7, 11) is 0. The highest BCUT2D eigenvalue weighted by atomic mass is 16.2. The van der Waals surface area contributed by atoms with Crippen molar-refractivity contribution in [3.8, 4) is 0 Å². The van der Waals surface area contributed by atoms with Gasteiger partial charge in [0.15, 0.2) is 0 Å². The monoisotopic (exact) mass is 988 g/mol. The number of nitrogens with one attached hydrogen (secondary N) is 6. The Morgan fingerprint density at radius 3 is 1.09 bits per heavy atom. The van der Waals surface area contributed by atoms with E-state index in [0.29, 0.717) is 38.5 Å². The summed E-state index contributed by atoms with van der Waals surface area (Å²) < 4.78 is 2.16. The van der Waals surface area contributed by atoms with Crippen LogP contribution in [0.4, 0.5) is 0 Å². The van der Waals surface area contributed by atoms with Crippen LogP contribution in [0.15, 0.2) is 89.5 Å². The Bertz CT molecular complexity index is 3770. The first-order valence-electron chi connectivity index (χ1n) is 27.1. The van der Waals surface area contributed by atoms with E-state index in [4.69, 9.17) is 9.97 Å². The van der Waals surface area contributed by atoms with Gasteiger partial charge in [0.05, 0.1) is 22.8 Å². The summed E-state index contributed by atoms with van der Waals surface area (Å²) in [5.74, 6) is 1.87. The number of nitrogens with zero attached hydrogens (tertiary/aromatic N) is 4. The van der Waals surface area contributed by atoms with Gasteiger partial charge in [-0.25, -0.2) is 47.9 Å². The van der Waals surface area contributed by atoms with Crippen LogP contribution in [0.2, 0.25) is 0 Å². The molecule has 0 amide bonds. The van der Waals surface area contributed by atoms with Gasteiger partial charge >= 0.3 is 34.1 Å². The number of fused-ring (bicyclic) bond motifs is 12. The summed E-state index contributed by atoms with van der Waals surface area (Å²) in [4.78, 5) is 104. The molecule has 0 saturated carbocycles. The Morgan fingerprint density at radius 2 is 0.730 bits per heavy atom. The summed E-state index contributed by atoms with van der Waals surface area (Å²) in [6.45, 7) is 0.341. The van der Waals surface area contributed by atoms with Crippen LogP contribution in [0.25, 0.3) is 44.4 Å². The minimum Gasteiger partial charge on any atom is -0.355 e. The van der Waals surface area contributed by atoms with Crippen molar-refractivity contribution in [2.45, 2.75) is 127 Å². The number of hydrogen-bond acceptors (Lipinski definition) is 8. The molecule has 5 aromatic rings. The number of aromatic nitrogens is 10. The number of hydrogen-bond donors (Lipinski definition) is 6. The molecule has 7 heterocycles. The van der Waals surface area contributed by atoms with Gasteiger partial charge in [-0.15, -0.1) is 0 Å². The molecule has 0 aromatic carbocycles. The van der Waals surface area contributed by atoms with Crippen LogP contribution in [0.1, 0.15) is 157 Å². The molecule has 8 atom stereocenters. The Hall–Kier alpha value is -7.62. The van der Waals surface area contributed by atoms with E-state index in [9.17, 15) is 28.8 Å². The van der Waals surface area contributed by atoms with Crippen LogP contribution in [0.3, 0.4) is 0 Å². The molecule has 0 radical (unpaired) electrons. The quantitative estimate of drug-likeness (QED) is 0.0604. The predicted octanol–water partition coefficient (Wildman–Crippen LogP) is 7.51. The van der Waals surface area contributed by atoms with E-state index in [1.807, 2.05) is 0 Å². The van der Waals surface area contributed by atoms with E-state index < -0.39 is 34.1 Å². The van der Waals surface area contributed by atoms with Crippen molar-refractivity contribution in [3.63, 3.8) is 0 Å². The van der Waals surface area contributed by atoms with Crippen molar-refractivity contribution in [2.24, 2.45) is 23.7 Å². The lowest BCUT2D eigenvalue weighted by molar-refractivity contribution is 0.546. The molecule has 16 heteroatoms. The molecule has 0 fully saturated rings. The maximum atomic E-state index is 12.8. The molecule has 0 saturated heterocycles. The molecule has 5 aromatic heterocycles. The average molecular weight is 989 g/mol. The maximum Gasteiger partial charge on any atom is 0.333 e. The van der Waals surface area contributed by atoms with Gasteiger partial charge in [-0.1, -0.05) is 48.6 Å². The van der Waals surface area contributed by atoms with Crippen LogP contribution < -0.4 is 34.1 Å². The number of aryl methyl sites for hydroxylation is 2. The first kappa shape index (κ1) is 43.9. The van der Waals surface area contributed by atoms with E-state index in [-0.39, 0.29) is 60.4 Å². The molecular formula is C58H56N10O6. The second-order valence-corrected chi connectivity index (χ2v) is 22.4. The van der Waals surface area contributed by atoms with Crippen molar-refractivity contribution in [1.29, 1.82) is 0 Å². The van der Waals surface area contributed by atoms with Crippen LogP contribution >= 0.6 is 0 Å². The van der Waals surface area contributed by atoms with Crippen LogP contribution in [-0.2, 0) is 25.9 Å². The fourth-order valence-electron chi connectivity index (χ4n) is 15.3. The molecular weight excluding hydrogens is 933 g/mol. The zero-order valence-corrected chi connectivity index (χ0v) is 40.9. The molecule has 14 aliphatic rings. The normalized spacial score (nSPS) is 25.8. The lowest BCUT2D eigenvalue weighted by Crippen LogP contribution is -2.43. The lowest BCUT2D eigenvalue weighted by Gasteiger charge is -2.34. The number of allylic oxidation sites excluding steroid dienone is 12. The van der Waals surface area contributed by atoms with Crippen molar-refractivity contribution in [3.05, 3.63) is 180 Å². The topological polar surface area (TPSA) is 233 Å². The largest absolute Gasteiger partial charge is 0.355 e. The molecule has 12 aliphatic carbocycles. The van der Waals surface area contributed by atoms with Crippen molar-refractivity contribution < 1.29 is 0 Å². The van der Waals surface area contributed by atoms with Crippen molar-refractivity contribution in [1.82, 2.24) is 49.0 Å². The second kappa shape index (κ2) is 16.4. The number of H-pyrrole nitrogens is 6. The van der Waals surface area contributed by atoms with E-state index in [1.54, 1.807) is 0 Å². The molecule has 74 heavy (non-hydrogen) atoms.